The summed E-state index contributed by atoms with van der Waals surface area (Å²) >= 11 is 4.18. The lowest BCUT2D eigenvalue weighted by Gasteiger charge is -2.21. The summed E-state index contributed by atoms with van der Waals surface area (Å²) in [7, 11) is 1.67. The fraction of sp³-hybridized carbons (Fsp3) is 0.875. The molecule has 0 aliphatic rings. The van der Waals surface area contributed by atoms with Crippen LogP contribution in [-0.4, -0.2) is 41.4 Å². The summed E-state index contributed by atoms with van der Waals surface area (Å²) in [6.07, 6.45) is 0. The maximum Gasteiger partial charge on any atom is 0.235 e. The van der Waals surface area contributed by atoms with E-state index in [0.717, 1.165) is 0 Å². The standard InChI is InChI=1S/C8H17NO2S/c1-6(2)7(12)8(11)9(3)4-5-10/h6-7,10,12H,4-5H2,1-3H3. The van der Waals surface area contributed by atoms with E-state index in [-0.39, 0.29) is 23.7 Å². The van der Waals surface area contributed by atoms with Gasteiger partial charge in [0, 0.05) is 13.6 Å². The summed E-state index contributed by atoms with van der Waals surface area (Å²) in [5.41, 5.74) is 0. The largest absolute Gasteiger partial charge is 0.395 e. The van der Waals surface area contributed by atoms with Crippen LogP contribution in [0.3, 0.4) is 0 Å². The summed E-state index contributed by atoms with van der Waals surface area (Å²) in [5, 5.41) is 8.32. The Labute approximate surface area is 79.2 Å². The molecule has 0 aliphatic heterocycles. The predicted molar refractivity (Wildman–Crippen MR) is 52.3 cm³/mol. The van der Waals surface area contributed by atoms with Gasteiger partial charge in [0.05, 0.1) is 11.9 Å². The van der Waals surface area contributed by atoms with Crippen molar-refractivity contribution < 1.29 is 9.90 Å². The monoisotopic (exact) mass is 191 g/mol. The zero-order valence-corrected chi connectivity index (χ0v) is 8.71. The number of thiol groups is 1. The molecule has 0 aliphatic carbocycles. The van der Waals surface area contributed by atoms with E-state index < -0.39 is 0 Å². The zero-order valence-electron chi connectivity index (χ0n) is 7.82. The fourth-order valence-electron chi connectivity index (χ4n) is 0.771. The number of carbonyl (C=O) groups is 1. The molecule has 72 valence electrons. The van der Waals surface area contributed by atoms with Crippen LogP contribution >= 0.6 is 12.6 Å². The summed E-state index contributed by atoms with van der Waals surface area (Å²) in [4.78, 5) is 12.9. The summed E-state index contributed by atoms with van der Waals surface area (Å²) < 4.78 is 0. The molecule has 0 heterocycles. The van der Waals surface area contributed by atoms with E-state index in [1.165, 1.54) is 4.90 Å². The Bertz CT molecular complexity index is 150. The maximum atomic E-state index is 11.4. The third kappa shape index (κ3) is 3.45. The van der Waals surface area contributed by atoms with Crippen molar-refractivity contribution in [2.75, 3.05) is 20.2 Å². The molecule has 0 saturated carbocycles. The van der Waals surface area contributed by atoms with Crippen LogP contribution in [0.1, 0.15) is 13.8 Å². The minimum atomic E-state index is -0.262. The smallest absolute Gasteiger partial charge is 0.235 e. The first-order valence-electron chi connectivity index (χ1n) is 4.04. The maximum absolute atomic E-state index is 11.4. The summed E-state index contributed by atoms with van der Waals surface area (Å²) in [6, 6.07) is 0. The van der Waals surface area contributed by atoms with E-state index in [0.29, 0.717) is 6.54 Å². The van der Waals surface area contributed by atoms with Gasteiger partial charge in [-0.2, -0.15) is 12.6 Å². The highest BCUT2D eigenvalue weighted by Gasteiger charge is 2.20. The number of likely N-dealkylation sites (N-methyl/N-ethyl adjacent to an activating group) is 1. The summed E-state index contributed by atoms with van der Waals surface area (Å²) in [6.45, 7) is 4.27. The van der Waals surface area contributed by atoms with Crippen LogP contribution in [0.5, 0.6) is 0 Å². The van der Waals surface area contributed by atoms with Gasteiger partial charge in [0.1, 0.15) is 0 Å². The van der Waals surface area contributed by atoms with Gasteiger partial charge >= 0.3 is 0 Å². The molecular weight excluding hydrogens is 174 g/mol. The molecule has 4 heteroatoms. The highest BCUT2D eigenvalue weighted by Crippen LogP contribution is 2.11. The number of carbonyl (C=O) groups excluding carboxylic acids is 1. The van der Waals surface area contributed by atoms with Crippen LogP contribution in [0, 0.1) is 5.92 Å². The molecule has 0 rings (SSSR count). The normalized spacial score (nSPS) is 13.2. The minimum Gasteiger partial charge on any atom is -0.395 e. The second kappa shape index (κ2) is 5.43. The van der Waals surface area contributed by atoms with Crippen molar-refractivity contribution in [3.05, 3.63) is 0 Å². The van der Waals surface area contributed by atoms with Crippen molar-refractivity contribution in [3.63, 3.8) is 0 Å². The van der Waals surface area contributed by atoms with E-state index in [4.69, 9.17) is 5.11 Å². The molecule has 0 aromatic carbocycles. The Morgan fingerprint density at radius 1 is 1.58 bits per heavy atom. The van der Waals surface area contributed by atoms with Crippen LogP contribution in [0.15, 0.2) is 0 Å². The SMILES string of the molecule is CC(C)C(S)C(=O)N(C)CCO. The first-order chi connectivity index (χ1) is 5.50. The molecule has 0 saturated heterocycles. The molecule has 0 radical (unpaired) electrons. The van der Waals surface area contributed by atoms with Crippen LogP contribution in [0.2, 0.25) is 0 Å². The third-order valence-electron chi connectivity index (χ3n) is 1.70. The lowest BCUT2D eigenvalue weighted by molar-refractivity contribution is -0.130. The van der Waals surface area contributed by atoms with E-state index in [2.05, 4.69) is 12.6 Å². The predicted octanol–water partition coefficient (Wildman–Crippen LogP) is 0.392. The van der Waals surface area contributed by atoms with Crippen LogP contribution < -0.4 is 0 Å². The van der Waals surface area contributed by atoms with Gasteiger partial charge in [-0.25, -0.2) is 0 Å². The van der Waals surface area contributed by atoms with E-state index in [9.17, 15) is 4.79 Å². The number of aliphatic hydroxyl groups excluding tert-OH is 1. The Morgan fingerprint density at radius 3 is 2.42 bits per heavy atom. The molecule has 3 nitrogen and oxygen atoms in total. The molecule has 0 spiro atoms. The highest BCUT2D eigenvalue weighted by atomic mass is 32.1. The first kappa shape index (κ1) is 11.8. The molecule has 1 unspecified atom stereocenters. The van der Waals surface area contributed by atoms with Crippen molar-refractivity contribution >= 4 is 18.5 Å². The summed E-state index contributed by atoms with van der Waals surface area (Å²) in [5.74, 6) is 0.198. The average molecular weight is 191 g/mol. The molecule has 12 heavy (non-hydrogen) atoms. The molecule has 0 aromatic heterocycles. The van der Waals surface area contributed by atoms with Crippen molar-refractivity contribution in [3.8, 4) is 0 Å². The van der Waals surface area contributed by atoms with Gasteiger partial charge in [0.25, 0.3) is 0 Å². The quantitative estimate of drug-likeness (QED) is 0.631. The van der Waals surface area contributed by atoms with E-state index in [1.54, 1.807) is 7.05 Å². The van der Waals surface area contributed by atoms with Crippen LogP contribution in [0.4, 0.5) is 0 Å². The Hall–Kier alpha value is -0.220. The number of amides is 1. The molecule has 1 atom stereocenters. The number of aliphatic hydroxyl groups is 1. The van der Waals surface area contributed by atoms with Crippen LogP contribution in [0.25, 0.3) is 0 Å². The Kier molecular flexibility index (Phi) is 5.33. The average Bonchev–Trinajstić information content (AvgIpc) is 2.02. The van der Waals surface area contributed by atoms with Crippen molar-refractivity contribution in [1.29, 1.82) is 0 Å². The molecule has 0 bridgehead atoms. The molecular formula is C8H17NO2S. The topological polar surface area (TPSA) is 40.5 Å². The number of rotatable bonds is 4. The van der Waals surface area contributed by atoms with Crippen molar-refractivity contribution in [2.45, 2.75) is 19.1 Å². The van der Waals surface area contributed by atoms with E-state index >= 15 is 0 Å². The van der Waals surface area contributed by atoms with Gasteiger partial charge in [0.15, 0.2) is 0 Å². The number of hydrogen-bond acceptors (Lipinski definition) is 3. The Morgan fingerprint density at radius 2 is 2.08 bits per heavy atom. The lowest BCUT2D eigenvalue weighted by Crippen LogP contribution is -2.37. The molecule has 0 aromatic rings. The third-order valence-corrected chi connectivity index (χ3v) is 2.51. The number of hydrogen-bond donors (Lipinski definition) is 2. The van der Waals surface area contributed by atoms with E-state index in [1.807, 2.05) is 13.8 Å². The van der Waals surface area contributed by atoms with Gasteiger partial charge in [-0.1, -0.05) is 13.8 Å². The minimum absolute atomic E-state index is 0.000826. The van der Waals surface area contributed by atoms with Gasteiger partial charge in [-0.05, 0) is 5.92 Å². The van der Waals surface area contributed by atoms with Gasteiger partial charge in [-0.15, -0.1) is 0 Å². The van der Waals surface area contributed by atoms with Crippen molar-refractivity contribution in [2.24, 2.45) is 5.92 Å². The first-order valence-corrected chi connectivity index (χ1v) is 4.56. The molecule has 1 N–H and O–H groups in total. The molecule has 0 fully saturated rings. The second-order valence-corrected chi connectivity index (χ2v) is 3.73. The second-order valence-electron chi connectivity index (χ2n) is 3.17. The van der Waals surface area contributed by atoms with Crippen LogP contribution in [-0.2, 0) is 4.79 Å². The fourth-order valence-corrected chi connectivity index (χ4v) is 0.968. The highest BCUT2D eigenvalue weighted by molar-refractivity contribution is 7.81. The van der Waals surface area contributed by atoms with Gasteiger partial charge < -0.3 is 10.0 Å². The zero-order chi connectivity index (χ0) is 9.72. The van der Waals surface area contributed by atoms with Gasteiger partial charge in [-0.3, -0.25) is 4.79 Å². The lowest BCUT2D eigenvalue weighted by atomic mass is 10.1. The number of nitrogens with zero attached hydrogens (tertiary/aromatic N) is 1. The van der Waals surface area contributed by atoms with Crippen molar-refractivity contribution in [1.82, 2.24) is 4.90 Å². The molecule has 1 amide bonds. The van der Waals surface area contributed by atoms with Gasteiger partial charge in [0.2, 0.25) is 5.91 Å². The Balaban J connectivity index is 4.00.